The van der Waals surface area contributed by atoms with Crippen LogP contribution in [0.3, 0.4) is 0 Å². The predicted octanol–water partition coefficient (Wildman–Crippen LogP) is 2.32. The van der Waals surface area contributed by atoms with Gasteiger partial charge in [0.2, 0.25) is 0 Å². The number of rotatable bonds is 5. The lowest BCUT2D eigenvalue weighted by Crippen LogP contribution is -2.37. The second-order valence-electron chi connectivity index (χ2n) is 4.11. The zero-order valence-corrected chi connectivity index (χ0v) is 11.8. The van der Waals surface area contributed by atoms with Gasteiger partial charge in [0.25, 0.3) is 5.91 Å². The third kappa shape index (κ3) is 3.34. The van der Waals surface area contributed by atoms with Crippen molar-refractivity contribution in [3.05, 3.63) is 29.8 Å². The minimum atomic E-state index is -0.341. The molecule has 1 heterocycles. The molecule has 0 saturated carbocycles. The molecule has 17 heavy (non-hydrogen) atoms. The van der Waals surface area contributed by atoms with Crippen molar-refractivity contribution in [3.8, 4) is 5.75 Å². The van der Waals surface area contributed by atoms with Gasteiger partial charge >= 0.3 is 0 Å². The molecule has 0 saturated heterocycles. The summed E-state index contributed by atoms with van der Waals surface area (Å²) in [6.07, 6.45) is 2.53. The fourth-order valence-corrected chi connectivity index (χ4v) is 2.41. The van der Waals surface area contributed by atoms with Gasteiger partial charge in [0.1, 0.15) is 5.75 Å². The fourth-order valence-electron chi connectivity index (χ4n) is 1.87. The highest BCUT2D eigenvalue weighted by atomic mass is 127. The second-order valence-corrected chi connectivity index (χ2v) is 5.18. The number of amides is 1. The Morgan fingerprint density at radius 1 is 1.41 bits per heavy atom. The summed E-state index contributed by atoms with van der Waals surface area (Å²) in [6.45, 7) is 0.748. The number of alkyl halides is 1. The fraction of sp³-hybridized carbons (Fsp3) is 0.462. The third-order valence-corrected chi connectivity index (χ3v) is 3.56. The van der Waals surface area contributed by atoms with Crippen LogP contribution in [0.25, 0.3) is 0 Å². The average molecular weight is 345 g/mol. The highest BCUT2D eigenvalue weighted by Crippen LogP contribution is 2.27. The molecule has 1 aromatic carbocycles. The van der Waals surface area contributed by atoms with Crippen LogP contribution in [0.5, 0.6) is 5.75 Å². The number of unbranched alkanes of at least 4 members (excludes halogenated alkanes) is 1. The molecule has 1 unspecified atom stereocenters. The zero-order valence-electron chi connectivity index (χ0n) is 9.62. The first-order valence-electron chi connectivity index (χ1n) is 5.89. The molecule has 3 nitrogen and oxygen atoms in total. The molecule has 92 valence electrons. The Labute approximate surface area is 115 Å². The molecule has 0 spiro atoms. The van der Waals surface area contributed by atoms with E-state index in [2.05, 4.69) is 27.9 Å². The van der Waals surface area contributed by atoms with Crippen LogP contribution in [0.15, 0.2) is 24.3 Å². The van der Waals surface area contributed by atoms with Crippen molar-refractivity contribution >= 4 is 28.5 Å². The van der Waals surface area contributed by atoms with Gasteiger partial charge in [-0.1, -0.05) is 40.8 Å². The van der Waals surface area contributed by atoms with E-state index >= 15 is 0 Å². The average Bonchev–Trinajstić information content (AvgIpc) is 2.78. The summed E-state index contributed by atoms with van der Waals surface area (Å²) in [5.74, 6) is 0.856. The van der Waals surface area contributed by atoms with E-state index in [1.807, 2.05) is 24.3 Å². The molecular formula is C13H16INO2. The summed E-state index contributed by atoms with van der Waals surface area (Å²) >= 11 is 2.35. The van der Waals surface area contributed by atoms with Crippen LogP contribution in [-0.4, -0.2) is 23.0 Å². The molecule has 0 bridgehead atoms. The standard InChI is InChI=1S/C13H16INO2/c14-7-3-4-8-15-13(16)12-9-10-5-1-2-6-11(10)17-12/h1-2,5-6,12H,3-4,7-9H2,(H,15,16). The number of hydrogen-bond donors (Lipinski definition) is 1. The lowest BCUT2D eigenvalue weighted by Gasteiger charge is -2.10. The summed E-state index contributed by atoms with van der Waals surface area (Å²) in [5, 5.41) is 2.93. The normalized spacial score (nSPS) is 17.4. The van der Waals surface area contributed by atoms with Gasteiger partial charge in [0, 0.05) is 13.0 Å². The van der Waals surface area contributed by atoms with Crippen molar-refractivity contribution in [2.45, 2.75) is 25.4 Å². The zero-order chi connectivity index (χ0) is 12.1. The van der Waals surface area contributed by atoms with E-state index in [0.29, 0.717) is 6.42 Å². The minimum Gasteiger partial charge on any atom is -0.480 e. The molecule has 4 heteroatoms. The molecule has 0 radical (unpaired) electrons. The van der Waals surface area contributed by atoms with Crippen LogP contribution >= 0.6 is 22.6 Å². The van der Waals surface area contributed by atoms with E-state index < -0.39 is 0 Å². The van der Waals surface area contributed by atoms with Crippen molar-refractivity contribution in [2.75, 3.05) is 11.0 Å². The van der Waals surface area contributed by atoms with Crippen LogP contribution in [0.2, 0.25) is 0 Å². The van der Waals surface area contributed by atoms with Crippen molar-refractivity contribution < 1.29 is 9.53 Å². The largest absolute Gasteiger partial charge is 0.480 e. The van der Waals surface area contributed by atoms with Gasteiger partial charge in [-0.25, -0.2) is 0 Å². The summed E-state index contributed by atoms with van der Waals surface area (Å²) in [7, 11) is 0. The van der Waals surface area contributed by atoms with Gasteiger partial charge in [0.15, 0.2) is 6.10 Å². The first kappa shape index (κ1) is 12.7. The molecule has 1 aromatic rings. The van der Waals surface area contributed by atoms with Crippen molar-refractivity contribution in [1.82, 2.24) is 5.32 Å². The van der Waals surface area contributed by atoms with E-state index in [-0.39, 0.29) is 12.0 Å². The Morgan fingerprint density at radius 2 is 2.24 bits per heavy atom. The summed E-state index contributed by atoms with van der Waals surface area (Å²) in [6, 6.07) is 7.83. The van der Waals surface area contributed by atoms with Crippen LogP contribution < -0.4 is 10.1 Å². The van der Waals surface area contributed by atoms with E-state index in [1.54, 1.807) is 0 Å². The Morgan fingerprint density at radius 3 is 3.00 bits per heavy atom. The van der Waals surface area contributed by atoms with E-state index in [1.165, 1.54) is 0 Å². The highest BCUT2D eigenvalue weighted by Gasteiger charge is 2.28. The molecule has 0 fully saturated rings. The Kier molecular flexibility index (Phi) is 4.65. The molecule has 1 atom stereocenters. The highest BCUT2D eigenvalue weighted by molar-refractivity contribution is 14.1. The predicted molar refractivity (Wildman–Crippen MR) is 75.7 cm³/mol. The van der Waals surface area contributed by atoms with E-state index in [4.69, 9.17) is 4.74 Å². The lowest BCUT2D eigenvalue weighted by atomic mass is 10.1. The SMILES string of the molecule is O=C(NCCCCI)C1Cc2ccccc2O1. The maximum atomic E-state index is 11.8. The molecule has 0 aliphatic carbocycles. The van der Waals surface area contributed by atoms with E-state index in [0.717, 1.165) is 35.1 Å². The number of carbonyl (C=O) groups is 1. The number of ether oxygens (including phenoxy) is 1. The van der Waals surface area contributed by atoms with Gasteiger partial charge in [-0.05, 0) is 28.9 Å². The second kappa shape index (κ2) is 6.23. The van der Waals surface area contributed by atoms with Crippen LogP contribution in [0.4, 0.5) is 0 Å². The third-order valence-electron chi connectivity index (χ3n) is 2.80. The van der Waals surface area contributed by atoms with E-state index in [9.17, 15) is 4.79 Å². The summed E-state index contributed by atoms with van der Waals surface area (Å²) in [5.41, 5.74) is 1.12. The monoisotopic (exact) mass is 345 g/mol. The van der Waals surface area contributed by atoms with Crippen molar-refractivity contribution in [1.29, 1.82) is 0 Å². The van der Waals surface area contributed by atoms with Gasteiger partial charge in [-0.15, -0.1) is 0 Å². The van der Waals surface area contributed by atoms with Crippen molar-refractivity contribution in [3.63, 3.8) is 0 Å². The van der Waals surface area contributed by atoms with Crippen LogP contribution in [-0.2, 0) is 11.2 Å². The first-order valence-corrected chi connectivity index (χ1v) is 7.42. The van der Waals surface area contributed by atoms with Crippen molar-refractivity contribution in [2.24, 2.45) is 0 Å². The number of hydrogen-bond acceptors (Lipinski definition) is 2. The Balaban J connectivity index is 1.80. The van der Waals surface area contributed by atoms with Gasteiger partial charge in [-0.2, -0.15) is 0 Å². The number of halogens is 1. The smallest absolute Gasteiger partial charge is 0.261 e. The van der Waals surface area contributed by atoms with Gasteiger partial charge in [0.05, 0.1) is 0 Å². The number of fused-ring (bicyclic) bond motifs is 1. The topological polar surface area (TPSA) is 38.3 Å². The van der Waals surface area contributed by atoms with Crippen LogP contribution in [0.1, 0.15) is 18.4 Å². The van der Waals surface area contributed by atoms with Crippen LogP contribution in [0, 0.1) is 0 Å². The number of nitrogens with one attached hydrogen (secondary N) is 1. The first-order chi connectivity index (χ1) is 8.31. The quantitative estimate of drug-likeness (QED) is 0.505. The molecule has 2 rings (SSSR count). The van der Waals surface area contributed by atoms with Gasteiger partial charge in [-0.3, -0.25) is 4.79 Å². The number of benzene rings is 1. The Hall–Kier alpha value is -0.780. The molecule has 1 aliphatic heterocycles. The lowest BCUT2D eigenvalue weighted by molar-refractivity contribution is -0.127. The molecule has 1 aliphatic rings. The summed E-state index contributed by atoms with van der Waals surface area (Å²) in [4.78, 5) is 11.8. The minimum absolute atomic E-state index is 0.00894. The number of carbonyl (C=O) groups excluding carboxylic acids is 1. The molecule has 0 aromatic heterocycles. The molecule has 1 amide bonds. The maximum Gasteiger partial charge on any atom is 0.261 e. The molecular weight excluding hydrogens is 329 g/mol. The maximum absolute atomic E-state index is 11.8. The number of para-hydroxylation sites is 1. The molecule has 1 N–H and O–H groups in total. The summed E-state index contributed by atoms with van der Waals surface area (Å²) < 4.78 is 6.75. The Bertz CT molecular complexity index is 370. The van der Waals surface area contributed by atoms with Gasteiger partial charge < -0.3 is 10.1 Å².